The third-order valence-corrected chi connectivity index (χ3v) is 6.89. The van der Waals surface area contributed by atoms with Gasteiger partial charge in [-0.1, -0.05) is 6.07 Å². The summed E-state index contributed by atoms with van der Waals surface area (Å²) in [6.45, 7) is 7.17. The number of rotatable bonds is 4. The number of halogens is 3. The number of alkyl halides is 2. The summed E-state index contributed by atoms with van der Waals surface area (Å²) < 4.78 is 78.7. The van der Waals surface area contributed by atoms with Gasteiger partial charge in [-0.05, 0) is 46.6 Å². The molecular formula is C17H24BF3N2O4S. The first-order valence-electron chi connectivity index (χ1n) is 9.01. The highest BCUT2D eigenvalue weighted by Gasteiger charge is 2.53. The van der Waals surface area contributed by atoms with E-state index in [1.165, 1.54) is 0 Å². The zero-order chi connectivity index (χ0) is 21.1. The van der Waals surface area contributed by atoms with Gasteiger partial charge in [-0.25, -0.2) is 18.3 Å². The molecule has 156 valence electrons. The molecule has 2 aliphatic heterocycles. The van der Waals surface area contributed by atoms with Crippen molar-refractivity contribution in [2.24, 2.45) is 5.14 Å². The fourth-order valence-corrected chi connectivity index (χ4v) is 4.52. The summed E-state index contributed by atoms with van der Waals surface area (Å²) in [5.41, 5.74) is -2.32. The summed E-state index contributed by atoms with van der Waals surface area (Å²) in [6, 6.07) is 1.07. The first-order chi connectivity index (χ1) is 12.7. The summed E-state index contributed by atoms with van der Waals surface area (Å²) in [5.74, 6) is -0.816. The van der Waals surface area contributed by atoms with Crippen molar-refractivity contribution >= 4 is 22.8 Å². The Morgan fingerprint density at radius 3 is 2.29 bits per heavy atom. The maximum Gasteiger partial charge on any atom is 0.497 e. The van der Waals surface area contributed by atoms with E-state index in [-0.39, 0.29) is 24.0 Å². The molecule has 2 aliphatic rings. The second-order valence-electron chi connectivity index (χ2n) is 8.22. The molecule has 0 spiro atoms. The van der Waals surface area contributed by atoms with E-state index in [1.54, 1.807) is 27.7 Å². The van der Waals surface area contributed by atoms with Crippen LogP contribution in [0.5, 0.6) is 0 Å². The normalized spacial score (nSPS) is 25.0. The van der Waals surface area contributed by atoms with Crippen molar-refractivity contribution in [1.82, 2.24) is 4.31 Å². The van der Waals surface area contributed by atoms with Gasteiger partial charge in [0, 0.05) is 23.1 Å². The maximum absolute atomic E-state index is 15.4. The Hall–Kier alpha value is -1.14. The lowest BCUT2D eigenvalue weighted by Crippen LogP contribution is -2.41. The topological polar surface area (TPSA) is 81.9 Å². The summed E-state index contributed by atoms with van der Waals surface area (Å²) >= 11 is 0. The lowest BCUT2D eigenvalue weighted by molar-refractivity contribution is 0.00578. The van der Waals surface area contributed by atoms with Gasteiger partial charge in [0.05, 0.1) is 17.2 Å². The standard InChI is InChI=1S/C17H24BF3N2O4S/c1-16(2)17(3,4)27-18(26-16)12-9-10(15(20)21)8-11(14(12)19)13-6-5-7-23(13)28(22,24)25/h8-9,13,15H,5-7H2,1-4H3,(H2,22,24,25). The molecule has 28 heavy (non-hydrogen) atoms. The summed E-state index contributed by atoms with van der Waals surface area (Å²) in [7, 11) is -5.29. The van der Waals surface area contributed by atoms with Crippen molar-refractivity contribution in [1.29, 1.82) is 0 Å². The van der Waals surface area contributed by atoms with Crippen LogP contribution in [0.1, 0.15) is 64.1 Å². The third-order valence-electron chi connectivity index (χ3n) is 5.80. The molecule has 1 aromatic carbocycles. The fourth-order valence-electron chi connectivity index (χ4n) is 3.56. The highest BCUT2D eigenvalue weighted by atomic mass is 32.2. The molecule has 6 nitrogen and oxygen atoms in total. The van der Waals surface area contributed by atoms with Crippen LogP contribution in [0, 0.1) is 5.82 Å². The molecule has 0 aromatic heterocycles. The molecule has 2 fully saturated rings. The molecule has 2 heterocycles. The van der Waals surface area contributed by atoms with Crippen LogP contribution >= 0.6 is 0 Å². The van der Waals surface area contributed by atoms with Crippen molar-refractivity contribution in [3.8, 4) is 0 Å². The Balaban J connectivity index is 2.11. The van der Waals surface area contributed by atoms with Gasteiger partial charge in [0.25, 0.3) is 16.6 Å². The summed E-state index contributed by atoms with van der Waals surface area (Å²) in [4.78, 5) is 0. The van der Waals surface area contributed by atoms with E-state index in [2.05, 4.69) is 0 Å². The van der Waals surface area contributed by atoms with Crippen LogP contribution in [0.2, 0.25) is 0 Å². The van der Waals surface area contributed by atoms with E-state index in [4.69, 9.17) is 14.4 Å². The van der Waals surface area contributed by atoms with Crippen LogP contribution in [0.25, 0.3) is 0 Å². The molecule has 2 saturated heterocycles. The number of hydrogen-bond donors (Lipinski definition) is 1. The van der Waals surface area contributed by atoms with Gasteiger partial charge >= 0.3 is 7.12 Å². The molecule has 0 amide bonds. The van der Waals surface area contributed by atoms with E-state index in [0.29, 0.717) is 6.42 Å². The monoisotopic (exact) mass is 420 g/mol. The van der Waals surface area contributed by atoms with Gasteiger partial charge in [0.1, 0.15) is 5.82 Å². The average molecular weight is 420 g/mol. The molecular weight excluding hydrogens is 396 g/mol. The van der Waals surface area contributed by atoms with E-state index < -0.39 is 52.4 Å². The van der Waals surface area contributed by atoms with Crippen LogP contribution in [-0.2, 0) is 19.5 Å². The Bertz CT molecular complexity index is 863. The van der Waals surface area contributed by atoms with Crippen LogP contribution < -0.4 is 10.6 Å². The van der Waals surface area contributed by atoms with E-state index in [9.17, 15) is 17.2 Å². The van der Waals surface area contributed by atoms with Crippen LogP contribution in [0.15, 0.2) is 12.1 Å². The quantitative estimate of drug-likeness (QED) is 0.759. The van der Waals surface area contributed by atoms with Crippen molar-refractivity contribution < 1.29 is 30.9 Å². The predicted molar refractivity (Wildman–Crippen MR) is 98.9 cm³/mol. The highest BCUT2D eigenvalue weighted by Crippen LogP contribution is 2.39. The lowest BCUT2D eigenvalue weighted by Gasteiger charge is -2.32. The van der Waals surface area contributed by atoms with Gasteiger partial charge in [-0.2, -0.15) is 12.7 Å². The lowest BCUT2D eigenvalue weighted by atomic mass is 9.76. The van der Waals surface area contributed by atoms with Crippen LogP contribution in [0.4, 0.5) is 13.2 Å². The molecule has 0 radical (unpaired) electrons. The van der Waals surface area contributed by atoms with Gasteiger partial charge in [0.15, 0.2) is 0 Å². The van der Waals surface area contributed by atoms with Crippen LogP contribution in [0.3, 0.4) is 0 Å². The molecule has 1 unspecified atom stereocenters. The Labute approximate surface area is 163 Å². The first kappa shape index (κ1) is 21.6. The van der Waals surface area contributed by atoms with E-state index >= 15 is 4.39 Å². The van der Waals surface area contributed by atoms with Gasteiger partial charge in [-0.3, -0.25) is 0 Å². The SMILES string of the molecule is CC1(C)OB(c2cc(C(F)F)cc(C3CCCN3S(N)(=O)=O)c2F)OC1(C)C. The predicted octanol–water partition coefficient (Wildman–Crippen LogP) is 2.40. The molecule has 1 atom stereocenters. The van der Waals surface area contributed by atoms with Gasteiger partial charge in [0.2, 0.25) is 0 Å². The number of nitrogens with zero attached hydrogens (tertiary/aromatic N) is 1. The smallest absolute Gasteiger partial charge is 0.399 e. The van der Waals surface area contributed by atoms with Gasteiger partial charge < -0.3 is 9.31 Å². The number of nitrogens with two attached hydrogens (primary N) is 1. The minimum atomic E-state index is -4.10. The summed E-state index contributed by atoms with van der Waals surface area (Å²) in [6.07, 6.45) is -2.14. The molecule has 11 heteroatoms. The van der Waals surface area contributed by atoms with Crippen molar-refractivity contribution in [2.75, 3.05) is 6.54 Å². The van der Waals surface area contributed by atoms with Crippen molar-refractivity contribution in [3.63, 3.8) is 0 Å². The minimum Gasteiger partial charge on any atom is -0.399 e. The van der Waals surface area contributed by atoms with E-state index in [1.807, 2.05) is 0 Å². The van der Waals surface area contributed by atoms with Gasteiger partial charge in [-0.15, -0.1) is 0 Å². The second-order valence-corrected chi connectivity index (χ2v) is 9.71. The Morgan fingerprint density at radius 1 is 1.21 bits per heavy atom. The van der Waals surface area contributed by atoms with Crippen LogP contribution in [-0.4, -0.2) is 37.6 Å². The number of benzene rings is 1. The van der Waals surface area contributed by atoms with Crippen molar-refractivity contribution in [3.05, 3.63) is 29.1 Å². The molecule has 0 bridgehead atoms. The maximum atomic E-state index is 15.4. The summed E-state index contributed by atoms with van der Waals surface area (Å²) in [5, 5.41) is 5.23. The zero-order valence-corrected chi connectivity index (χ0v) is 17.0. The Morgan fingerprint density at radius 2 is 1.79 bits per heavy atom. The molecule has 3 rings (SSSR count). The molecule has 2 N–H and O–H groups in total. The molecule has 0 aliphatic carbocycles. The largest absolute Gasteiger partial charge is 0.497 e. The van der Waals surface area contributed by atoms with E-state index in [0.717, 1.165) is 16.4 Å². The molecule has 1 aromatic rings. The molecule has 0 saturated carbocycles. The zero-order valence-electron chi connectivity index (χ0n) is 16.2. The fraction of sp³-hybridized carbons (Fsp3) is 0.647. The average Bonchev–Trinajstić information content (AvgIpc) is 3.10. The highest BCUT2D eigenvalue weighted by molar-refractivity contribution is 7.86. The number of hydrogen-bond acceptors (Lipinski definition) is 4. The Kier molecular flexibility index (Phi) is 5.38. The minimum absolute atomic E-state index is 0.105. The second kappa shape index (κ2) is 6.98. The van der Waals surface area contributed by atoms with Crippen molar-refractivity contribution in [2.45, 2.75) is 64.2 Å². The third kappa shape index (κ3) is 3.70. The first-order valence-corrected chi connectivity index (χ1v) is 10.5.